The van der Waals surface area contributed by atoms with E-state index < -0.39 is 0 Å². The van der Waals surface area contributed by atoms with E-state index in [1.807, 2.05) is 0 Å². The predicted octanol–water partition coefficient (Wildman–Crippen LogP) is 0.403. The molecule has 0 bridgehead atoms. The fraction of sp³-hybridized carbons (Fsp3) is 0.333. The lowest BCUT2D eigenvalue weighted by atomic mass is 10.4. The first-order valence-electron chi connectivity index (χ1n) is 5.20. The molecule has 0 heterocycles. The second-order valence-corrected chi connectivity index (χ2v) is 5.67. The summed E-state index contributed by atoms with van der Waals surface area (Å²) in [5, 5.41) is 1.48. The quantitative estimate of drug-likeness (QED) is 0.678. The van der Waals surface area contributed by atoms with Crippen LogP contribution in [0.1, 0.15) is 0 Å². The zero-order chi connectivity index (χ0) is 11.3. The van der Waals surface area contributed by atoms with Crippen molar-refractivity contribution >= 4 is 14.7 Å². The van der Waals surface area contributed by atoms with Gasteiger partial charge in [-0.05, 0) is 0 Å². The van der Waals surface area contributed by atoms with Crippen LogP contribution in [-0.4, -0.2) is 47.5 Å². The van der Waals surface area contributed by atoms with Gasteiger partial charge in [-0.15, -0.1) is 0 Å². The second-order valence-electron chi connectivity index (χ2n) is 4.04. The molecule has 0 N–H and O–H groups in total. The molecule has 0 spiro atoms. The fourth-order valence-corrected chi connectivity index (χ4v) is 3.28. The van der Waals surface area contributed by atoms with Crippen molar-refractivity contribution in [1.29, 1.82) is 0 Å². The van der Waals surface area contributed by atoms with Crippen molar-refractivity contribution in [2.75, 3.05) is 28.2 Å². The van der Waals surface area contributed by atoms with E-state index in [0.29, 0.717) is 0 Å². The van der Waals surface area contributed by atoms with Crippen molar-refractivity contribution in [3.63, 3.8) is 0 Å². The summed E-state index contributed by atoms with van der Waals surface area (Å²) in [5.41, 5.74) is 2.38. The second kappa shape index (κ2) is 5.61. The van der Waals surface area contributed by atoms with Crippen molar-refractivity contribution in [3.8, 4) is 0 Å². The fourth-order valence-electron chi connectivity index (χ4n) is 1.59. The molecule has 0 amide bonds. The van der Waals surface area contributed by atoms with Gasteiger partial charge in [0.15, 0.2) is 0 Å². The van der Waals surface area contributed by atoms with Crippen molar-refractivity contribution in [2.45, 2.75) is 0 Å². The average Bonchev–Trinajstić information content (AvgIpc) is 2.18. The highest BCUT2D eigenvalue weighted by Crippen LogP contribution is 2.00. The maximum absolute atomic E-state index is 2.38. The normalized spacial score (nSPS) is 10.4. The molecule has 3 heteroatoms. The molecule has 0 aliphatic rings. The van der Waals surface area contributed by atoms with Crippen LogP contribution in [-0.2, 0) is 0 Å². The number of rotatable bonds is 4. The van der Waals surface area contributed by atoms with Crippen LogP contribution in [0.4, 0.5) is 0 Å². The highest BCUT2D eigenvalue weighted by Gasteiger charge is 2.01. The number of hydrogen-bond acceptors (Lipinski definition) is 2. The molecule has 0 saturated heterocycles. The van der Waals surface area contributed by atoms with E-state index in [4.69, 9.17) is 0 Å². The summed E-state index contributed by atoms with van der Waals surface area (Å²) < 4.78 is 0. The Bertz CT molecular complexity index is 308. The SMILES string of the molecule is CN(C)C(=C[SiH2]c1ccccc1)N(C)C. The van der Waals surface area contributed by atoms with Gasteiger partial charge >= 0.3 is 0 Å². The summed E-state index contributed by atoms with van der Waals surface area (Å²) >= 11 is 0. The van der Waals surface area contributed by atoms with Gasteiger partial charge < -0.3 is 9.80 Å². The lowest BCUT2D eigenvalue weighted by Gasteiger charge is -2.24. The third kappa shape index (κ3) is 3.79. The maximum atomic E-state index is 2.38. The molecule has 15 heavy (non-hydrogen) atoms. The van der Waals surface area contributed by atoms with Crippen LogP contribution in [0.5, 0.6) is 0 Å². The van der Waals surface area contributed by atoms with Crippen LogP contribution in [0.15, 0.2) is 41.9 Å². The molecular weight excluding hydrogens is 200 g/mol. The first-order valence-corrected chi connectivity index (χ1v) is 6.72. The van der Waals surface area contributed by atoms with Crippen LogP contribution < -0.4 is 5.19 Å². The Balaban J connectivity index is 2.70. The third-order valence-corrected chi connectivity index (χ3v) is 3.79. The summed E-state index contributed by atoms with van der Waals surface area (Å²) in [4.78, 5) is 4.33. The molecule has 0 radical (unpaired) electrons. The van der Waals surface area contributed by atoms with E-state index in [-0.39, 0.29) is 9.52 Å². The van der Waals surface area contributed by atoms with Crippen LogP contribution >= 0.6 is 0 Å². The van der Waals surface area contributed by atoms with Gasteiger partial charge in [0, 0.05) is 28.2 Å². The lowest BCUT2D eigenvalue weighted by molar-refractivity contribution is 0.344. The molecule has 0 aliphatic carbocycles. The minimum atomic E-state index is -0.290. The standard InChI is InChI=1S/C12H20N2Si/c1-13(2)12(14(3)4)10-15-11-8-6-5-7-9-11/h5-10H,15H2,1-4H3. The highest BCUT2D eigenvalue weighted by molar-refractivity contribution is 6.58. The van der Waals surface area contributed by atoms with E-state index in [1.165, 1.54) is 11.0 Å². The summed E-state index contributed by atoms with van der Waals surface area (Å²) in [7, 11) is 8.06. The topological polar surface area (TPSA) is 6.48 Å². The molecule has 0 aromatic heterocycles. The van der Waals surface area contributed by atoms with Gasteiger partial charge in [0.25, 0.3) is 0 Å². The molecule has 2 nitrogen and oxygen atoms in total. The maximum Gasteiger partial charge on any atom is 0.0945 e. The zero-order valence-electron chi connectivity index (χ0n) is 10.1. The number of hydrogen-bond donors (Lipinski definition) is 0. The van der Waals surface area contributed by atoms with Crippen molar-refractivity contribution in [3.05, 3.63) is 41.9 Å². The van der Waals surface area contributed by atoms with Crippen molar-refractivity contribution < 1.29 is 0 Å². The van der Waals surface area contributed by atoms with E-state index in [9.17, 15) is 0 Å². The molecular formula is C12H20N2Si. The van der Waals surface area contributed by atoms with E-state index in [1.54, 1.807) is 0 Å². The lowest BCUT2D eigenvalue weighted by Crippen LogP contribution is -2.26. The van der Waals surface area contributed by atoms with Crippen LogP contribution in [0.25, 0.3) is 0 Å². The first-order chi connectivity index (χ1) is 7.11. The average molecular weight is 220 g/mol. The summed E-state index contributed by atoms with van der Waals surface area (Å²) in [6.07, 6.45) is 0. The number of benzene rings is 1. The summed E-state index contributed by atoms with van der Waals surface area (Å²) in [6.45, 7) is 0. The molecule has 1 aromatic rings. The zero-order valence-corrected chi connectivity index (χ0v) is 11.5. The smallest absolute Gasteiger partial charge is 0.0945 e. The Labute approximate surface area is 95.0 Å². The van der Waals surface area contributed by atoms with Gasteiger partial charge in [-0.2, -0.15) is 0 Å². The van der Waals surface area contributed by atoms with Gasteiger partial charge in [0.1, 0.15) is 0 Å². The molecule has 0 unspecified atom stereocenters. The molecule has 0 saturated carbocycles. The molecule has 1 aromatic carbocycles. The summed E-state index contributed by atoms with van der Waals surface area (Å²) in [5.74, 6) is 1.30. The van der Waals surface area contributed by atoms with Crippen molar-refractivity contribution in [2.24, 2.45) is 0 Å². The van der Waals surface area contributed by atoms with Gasteiger partial charge in [0.05, 0.1) is 15.3 Å². The Kier molecular flexibility index (Phi) is 4.43. The number of nitrogens with zero attached hydrogens (tertiary/aromatic N) is 2. The Morgan fingerprint density at radius 2 is 1.53 bits per heavy atom. The van der Waals surface area contributed by atoms with E-state index >= 15 is 0 Å². The van der Waals surface area contributed by atoms with Gasteiger partial charge in [-0.25, -0.2) is 0 Å². The molecule has 0 atom stereocenters. The third-order valence-electron chi connectivity index (χ3n) is 2.28. The molecule has 82 valence electrons. The highest BCUT2D eigenvalue weighted by atomic mass is 28.2. The first kappa shape index (κ1) is 11.8. The van der Waals surface area contributed by atoms with Gasteiger partial charge in [-0.1, -0.05) is 41.2 Å². The van der Waals surface area contributed by atoms with Crippen molar-refractivity contribution in [1.82, 2.24) is 9.80 Å². The Hall–Kier alpha value is -1.22. The summed E-state index contributed by atoms with van der Waals surface area (Å²) in [6, 6.07) is 10.7. The predicted molar refractivity (Wildman–Crippen MR) is 70.1 cm³/mol. The molecule has 1 rings (SSSR count). The molecule has 0 fully saturated rings. The minimum Gasteiger partial charge on any atom is -0.365 e. The van der Waals surface area contributed by atoms with Crippen LogP contribution in [0.2, 0.25) is 0 Å². The molecule has 0 aliphatic heterocycles. The van der Waals surface area contributed by atoms with Crippen LogP contribution in [0.3, 0.4) is 0 Å². The van der Waals surface area contributed by atoms with E-state index in [0.717, 1.165) is 0 Å². The van der Waals surface area contributed by atoms with Gasteiger partial charge in [0.2, 0.25) is 0 Å². The minimum absolute atomic E-state index is 0.290. The van der Waals surface area contributed by atoms with Gasteiger partial charge in [-0.3, -0.25) is 0 Å². The Morgan fingerprint density at radius 1 is 1.00 bits per heavy atom. The Morgan fingerprint density at radius 3 is 2.00 bits per heavy atom. The van der Waals surface area contributed by atoms with Crippen LogP contribution in [0, 0.1) is 0 Å². The largest absolute Gasteiger partial charge is 0.365 e. The monoisotopic (exact) mass is 220 g/mol. The van der Waals surface area contributed by atoms with E-state index in [2.05, 4.69) is 74.0 Å².